The Morgan fingerprint density at radius 1 is 1.45 bits per heavy atom. The summed E-state index contributed by atoms with van der Waals surface area (Å²) in [6, 6.07) is 1.56. The van der Waals surface area contributed by atoms with Gasteiger partial charge in [-0.25, -0.2) is 0 Å². The van der Waals surface area contributed by atoms with Crippen molar-refractivity contribution in [3.8, 4) is 0 Å². The van der Waals surface area contributed by atoms with E-state index in [2.05, 4.69) is 10.5 Å². The Morgan fingerprint density at radius 3 is 2.65 bits per heavy atom. The Morgan fingerprint density at radius 2 is 2.10 bits per heavy atom. The average Bonchev–Trinajstić information content (AvgIpc) is 2.85. The second-order valence-corrected chi connectivity index (χ2v) is 4.61. The molecule has 0 bridgehead atoms. The van der Waals surface area contributed by atoms with Crippen LogP contribution in [0.5, 0.6) is 0 Å². The fourth-order valence-corrected chi connectivity index (χ4v) is 1.95. The van der Waals surface area contributed by atoms with Crippen LogP contribution in [0.25, 0.3) is 0 Å². The van der Waals surface area contributed by atoms with Gasteiger partial charge < -0.3 is 19.6 Å². The molecule has 0 atom stereocenters. The molecule has 1 aliphatic heterocycles. The number of rotatable bonds is 3. The molecule has 0 aromatic carbocycles. The van der Waals surface area contributed by atoms with Crippen LogP contribution in [0.3, 0.4) is 0 Å². The first-order chi connectivity index (χ1) is 9.08. The van der Waals surface area contributed by atoms with Gasteiger partial charge in [-0.05, 0) is 6.92 Å². The molecule has 1 aliphatic rings. The van der Waals surface area contributed by atoms with E-state index in [-0.39, 0.29) is 36.5 Å². The predicted octanol–water partition coefficient (Wildman–Crippen LogP) is -0.0914. The van der Waals surface area contributed by atoms with Gasteiger partial charge in [-0.1, -0.05) is 5.16 Å². The highest BCUT2D eigenvalue weighted by Gasteiger charge is 2.22. The molecule has 2 heterocycles. The molecule has 1 saturated heterocycles. The standard InChI is InChI=1S/C12H18N4O3.ClH/c1-9-7-10(14-19-9)12(18)15(2)8-11(17)16-5-3-13-4-6-16;/h7,13H,3-6,8H2,1-2H3;1H. The number of nitrogens with one attached hydrogen (secondary N) is 1. The summed E-state index contributed by atoms with van der Waals surface area (Å²) >= 11 is 0. The molecule has 1 aromatic rings. The van der Waals surface area contributed by atoms with E-state index in [0.29, 0.717) is 18.8 Å². The zero-order valence-corrected chi connectivity index (χ0v) is 12.4. The third-order valence-corrected chi connectivity index (χ3v) is 3.04. The lowest BCUT2D eigenvalue weighted by Crippen LogP contribution is -2.49. The Kier molecular flexibility index (Phi) is 5.97. The molecule has 1 fully saturated rings. The molecule has 8 heteroatoms. The molecule has 0 aliphatic carbocycles. The summed E-state index contributed by atoms with van der Waals surface area (Å²) in [5.41, 5.74) is 0.230. The molecule has 0 radical (unpaired) electrons. The van der Waals surface area contributed by atoms with Crippen LogP contribution < -0.4 is 5.32 Å². The fraction of sp³-hybridized carbons (Fsp3) is 0.583. The summed E-state index contributed by atoms with van der Waals surface area (Å²) in [5, 5.41) is 6.83. The molecule has 1 N–H and O–H groups in total. The van der Waals surface area contributed by atoms with Crippen molar-refractivity contribution in [1.29, 1.82) is 0 Å². The highest BCUT2D eigenvalue weighted by Crippen LogP contribution is 2.05. The number of aromatic nitrogens is 1. The summed E-state index contributed by atoms with van der Waals surface area (Å²) in [4.78, 5) is 27.1. The maximum Gasteiger partial charge on any atom is 0.276 e. The number of carbonyl (C=O) groups excluding carboxylic acids is 2. The number of hydrogen-bond acceptors (Lipinski definition) is 5. The first-order valence-electron chi connectivity index (χ1n) is 6.25. The number of likely N-dealkylation sites (N-methyl/N-ethyl adjacent to an activating group) is 1. The van der Waals surface area contributed by atoms with Crippen molar-refractivity contribution in [3.05, 3.63) is 17.5 Å². The summed E-state index contributed by atoms with van der Waals surface area (Å²) in [5.74, 6) is 0.225. The van der Waals surface area contributed by atoms with Crippen molar-refractivity contribution in [2.45, 2.75) is 6.92 Å². The molecule has 0 spiro atoms. The molecule has 112 valence electrons. The summed E-state index contributed by atoms with van der Waals surface area (Å²) in [6.45, 7) is 4.74. The second kappa shape index (κ2) is 7.25. The van der Waals surface area contributed by atoms with Crippen LogP contribution in [0.15, 0.2) is 10.6 Å². The van der Waals surface area contributed by atoms with E-state index in [9.17, 15) is 9.59 Å². The number of carbonyl (C=O) groups is 2. The molecule has 7 nitrogen and oxygen atoms in total. The molecule has 0 unspecified atom stereocenters. The van der Waals surface area contributed by atoms with E-state index in [1.807, 2.05) is 0 Å². The van der Waals surface area contributed by atoms with Crippen LogP contribution in [-0.4, -0.2) is 66.5 Å². The van der Waals surface area contributed by atoms with E-state index in [1.54, 1.807) is 24.9 Å². The minimum atomic E-state index is -0.305. The van der Waals surface area contributed by atoms with Gasteiger partial charge >= 0.3 is 0 Å². The zero-order chi connectivity index (χ0) is 13.8. The smallest absolute Gasteiger partial charge is 0.276 e. The topological polar surface area (TPSA) is 78.7 Å². The predicted molar refractivity (Wildman–Crippen MR) is 74.9 cm³/mol. The number of aryl methyl sites for hydroxylation is 1. The minimum Gasteiger partial charge on any atom is -0.361 e. The van der Waals surface area contributed by atoms with Crippen LogP contribution in [0.4, 0.5) is 0 Å². The quantitative estimate of drug-likeness (QED) is 0.844. The molecule has 1 aromatic heterocycles. The number of amides is 2. The van der Waals surface area contributed by atoms with E-state index in [0.717, 1.165) is 13.1 Å². The van der Waals surface area contributed by atoms with E-state index in [1.165, 1.54) is 4.90 Å². The SMILES string of the molecule is Cc1cc(C(=O)N(C)CC(=O)N2CCNCC2)no1.Cl. The summed E-state index contributed by atoms with van der Waals surface area (Å²) in [7, 11) is 1.59. The van der Waals surface area contributed by atoms with Gasteiger partial charge in [0.2, 0.25) is 5.91 Å². The average molecular weight is 303 g/mol. The highest BCUT2D eigenvalue weighted by atomic mass is 35.5. The van der Waals surface area contributed by atoms with Crippen LogP contribution in [0.2, 0.25) is 0 Å². The molecule has 0 saturated carbocycles. The lowest BCUT2D eigenvalue weighted by Gasteiger charge is -2.29. The zero-order valence-electron chi connectivity index (χ0n) is 11.6. The highest BCUT2D eigenvalue weighted by molar-refractivity contribution is 5.94. The summed E-state index contributed by atoms with van der Waals surface area (Å²) < 4.78 is 4.86. The molecule has 2 rings (SSSR count). The minimum absolute atomic E-state index is 0. The van der Waals surface area contributed by atoms with E-state index >= 15 is 0 Å². The van der Waals surface area contributed by atoms with Gasteiger partial charge in [0.25, 0.3) is 5.91 Å². The Labute approximate surface area is 123 Å². The molecular weight excluding hydrogens is 284 g/mol. The van der Waals surface area contributed by atoms with Crippen LogP contribution >= 0.6 is 12.4 Å². The number of halogens is 1. The van der Waals surface area contributed by atoms with Gasteiger partial charge in [-0.2, -0.15) is 0 Å². The first-order valence-corrected chi connectivity index (χ1v) is 6.25. The Bertz CT molecular complexity index is 471. The monoisotopic (exact) mass is 302 g/mol. The van der Waals surface area contributed by atoms with Gasteiger partial charge in [0.1, 0.15) is 5.76 Å². The fourth-order valence-electron chi connectivity index (χ4n) is 1.95. The molecule has 2 amide bonds. The van der Waals surface area contributed by atoms with Crippen molar-refractivity contribution in [2.24, 2.45) is 0 Å². The van der Waals surface area contributed by atoms with Gasteiger partial charge in [0.15, 0.2) is 5.69 Å². The van der Waals surface area contributed by atoms with Gasteiger partial charge in [0.05, 0.1) is 6.54 Å². The normalized spacial score (nSPS) is 14.6. The second-order valence-electron chi connectivity index (χ2n) is 4.61. The maximum atomic E-state index is 12.0. The van der Waals surface area contributed by atoms with Crippen LogP contribution in [0.1, 0.15) is 16.2 Å². The largest absolute Gasteiger partial charge is 0.361 e. The number of hydrogen-bond donors (Lipinski definition) is 1. The molecular formula is C12H19ClN4O3. The molecule has 20 heavy (non-hydrogen) atoms. The lowest BCUT2D eigenvalue weighted by molar-refractivity contribution is -0.132. The van der Waals surface area contributed by atoms with Crippen LogP contribution in [-0.2, 0) is 4.79 Å². The maximum absolute atomic E-state index is 12.0. The Hall–Kier alpha value is -1.60. The third-order valence-electron chi connectivity index (χ3n) is 3.04. The van der Waals surface area contributed by atoms with Gasteiger partial charge in [-0.15, -0.1) is 12.4 Å². The van der Waals surface area contributed by atoms with Crippen LogP contribution in [0, 0.1) is 6.92 Å². The first kappa shape index (κ1) is 16.5. The van der Waals surface area contributed by atoms with Crippen molar-refractivity contribution in [3.63, 3.8) is 0 Å². The van der Waals surface area contributed by atoms with Crippen molar-refractivity contribution < 1.29 is 14.1 Å². The van der Waals surface area contributed by atoms with Gasteiger partial charge in [-0.3, -0.25) is 9.59 Å². The Balaban J connectivity index is 0.00000200. The van der Waals surface area contributed by atoms with E-state index in [4.69, 9.17) is 4.52 Å². The lowest BCUT2D eigenvalue weighted by atomic mass is 10.3. The van der Waals surface area contributed by atoms with Crippen molar-refractivity contribution in [2.75, 3.05) is 39.8 Å². The van der Waals surface area contributed by atoms with Gasteiger partial charge in [0, 0.05) is 39.3 Å². The van der Waals surface area contributed by atoms with E-state index < -0.39 is 0 Å². The van der Waals surface area contributed by atoms with Crippen molar-refractivity contribution >= 4 is 24.2 Å². The van der Waals surface area contributed by atoms with Crippen molar-refractivity contribution in [1.82, 2.24) is 20.3 Å². The summed E-state index contributed by atoms with van der Waals surface area (Å²) in [6.07, 6.45) is 0. The number of piperazine rings is 1. The third kappa shape index (κ3) is 3.94. The number of nitrogens with zero attached hydrogens (tertiary/aromatic N) is 3.